The van der Waals surface area contributed by atoms with Gasteiger partial charge in [-0.2, -0.15) is 0 Å². The third kappa shape index (κ3) is 6.02. The normalized spacial score (nSPS) is 12.1. The summed E-state index contributed by atoms with van der Waals surface area (Å²) in [6, 6.07) is 4.43. The lowest BCUT2D eigenvalue weighted by atomic mass is 10.1. The van der Waals surface area contributed by atoms with Crippen LogP contribution in [0.4, 0.5) is 4.39 Å². The average Bonchev–Trinajstić information content (AvgIpc) is 2.40. The number of hydrogen-bond donors (Lipinski definition) is 3. The van der Waals surface area contributed by atoms with Gasteiger partial charge < -0.3 is 16.3 Å². The molecule has 0 unspecified atom stereocenters. The Morgan fingerprint density at radius 1 is 1.35 bits per heavy atom. The minimum Gasteiger partial charge on any atom is -0.409 e. The second kappa shape index (κ2) is 8.53. The zero-order valence-electron chi connectivity index (χ0n) is 12.2. The van der Waals surface area contributed by atoms with E-state index < -0.39 is 0 Å². The second-order valence-electron chi connectivity index (χ2n) is 5.40. The van der Waals surface area contributed by atoms with Gasteiger partial charge in [0.05, 0.1) is 0 Å². The van der Waals surface area contributed by atoms with Gasteiger partial charge in [0.1, 0.15) is 5.82 Å². The van der Waals surface area contributed by atoms with Gasteiger partial charge in [-0.25, -0.2) is 4.39 Å². The molecule has 0 saturated heterocycles. The summed E-state index contributed by atoms with van der Waals surface area (Å²) < 4.78 is 13.4. The second-order valence-corrected chi connectivity index (χ2v) is 5.40. The molecular weight excluding hydrogens is 257 g/mol. The van der Waals surface area contributed by atoms with Crippen molar-refractivity contribution in [2.24, 2.45) is 16.8 Å². The molecule has 0 radical (unpaired) electrons. The molecule has 0 fully saturated rings. The number of oxime groups is 1. The van der Waals surface area contributed by atoms with Crippen molar-refractivity contribution >= 4 is 5.84 Å². The number of benzene rings is 1. The van der Waals surface area contributed by atoms with Crippen LogP contribution in [0, 0.1) is 11.7 Å². The molecule has 0 atom stereocenters. The number of rotatable bonds is 8. The molecule has 0 bridgehead atoms. The summed E-state index contributed by atoms with van der Waals surface area (Å²) in [5.74, 6) is 0.273. The number of unbranched alkanes of at least 4 members (excludes halogenated alkanes) is 1. The van der Waals surface area contributed by atoms with Crippen molar-refractivity contribution in [2.75, 3.05) is 6.54 Å². The Balaban J connectivity index is 2.42. The fourth-order valence-corrected chi connectivity index (χ4v) is 1.99. The first kappa shape index (κ1) is 16.4. The highest BCUT2D eigenvalue weighted by Crippen LogP contribution is 2.10. The first-order valence-electron chi connectivity index (χ1n) is 7.01. The molecule has 4 N–H and O–H groups in total. The van der Waals surface area contributed by atoms with Crippen LogP contribution < -0.4 is 11.1 Å². The van der Waals surface area contributed by atoms with E-state index in [0.717, 1.165) is 24.4 Å². The Hall–Kier alpha value is -1.62. The first-order chi connectivity index (χ1) is 9.52. The molecule has 4 nitrogen and oxygen atoms in total. The minimum absolute atomic E-state index is 0.0808. The maximum Gasteiger partial charge on any atom is 0.170 e. The van der Waals surface area contributed by atoms with Crippen LogP contribution in [0.1, 0.15) is 44.2 Å². The monoisotopic (exact) mass is 281 g/mol. The number of hydrogen-bond acceptors (Lipinski definition) is 3. The highest BCUT2D eigenvalue weighted by molar-refractivity contribution is 5.97. The molecule has 0 aliphatic rings. The van der Waals surface area contributed by atoms with E-state index in [1.165, 1.54) is 25.0 Å². The molecule has 0 aliphatic heterocycles. The van der Waals surface area contributed by atoms with Gasteiger partial charge in [0.15, 0.2) is 5.84 Å². The third-order valence-electron chi connectivity index (χ3n) is 3.08. The molecule has 20 heavy (non-hydrogen) atoms. The predicted molar refractivity (Wildman–Crippen MR) is 79.3 cm³/mol. The van der Waals surface area contributed by atoms with Crippen molar-refractivity contribution in [3.05, 3.63) is 35.1 Å². The average molecular weight is 281 g/mol. The van der Waals surface area contributed by atoms with Gasteiger partial charge in [0.25, 0.3) is 0 Å². The smallest absolute Gasteiger partial charge is 0.170 e. The van der Waals surface area contributed by atoms with Gasteiger partial charge in [-0.3, -0.25) is 0 Å². The molecule has 1 aromatic carbocycles. The van der Waals surface area contributed by atoms with Gasteiger partial charge >= 0.3 is 0 Å². The van der Waals surface area contributed by atoms with E-state index in [2.05, 4.69) is 24.3 Å². The Morgan fingerprint density at radius 2 is 2.10 bits per heavy atom. The van der Waals surface area contributed by atoms with Crippen molar-refractivity contribution in [1.29, 1.82) is 0 Å². The summed E-state index contributed by atoms with van der Waals surface area (Å²) in [5, 5.41) is 14.8. The highest BCUT2D eigenvalue weighted by Gasteiger charge is 2.04. The van der Waals surface area contributed by atoms with E-state index in [0.29, 0.717) is 12.1 Å². The quantitative estimate of drug-likeness (QED) is 0.226. The molecule has 0 spiro atoms. The molecule has 5 heteroatoms. The number of halogens is 1. The summed E-state index contributed by atoms with van der Waals surface area (Å²) in [6.07, 6.45) is 3.54. The van der Waals surface area contributed by atoms with Crippen LogP contribution in [0.15, 0.2) is 23.4 Å². The number of amidine groups is 1. The Labute approximate surface area is 119 Å². The molecule has 0 heterocycles. The van der Waals surface area contributed by atoms with Gasteiger partial charge in [-0.15, -0.1) is 0 Å². The van der Waals surface area contributed by atoms with E-state index in [1.54, 1.807) is 6.07 Å². The molecule has 1 rings (SSSR count). The van der Waals surface area contributed by atoms with Crippen molar-refractivity contribution in [3.63, 3.8) is 0 Å². The largest absolute Gasteiger partial charge is 0.409 e. The molecule has 1 aromatic rings. The minimum atomic E-state index is -0.384. The fraction of sp³-hybridized carbons (Fsp3) is 0.533. The van der Waals surface area contributed by atoms with Crippen LogP contribution in [-0.4, -0.2) is 17.6 Å². The van der Waals surface area contributed by atoms with Crippen LogP contribution in [0.2, 0.25) is 0 Å². The van der Waals surface area contributed by atoms with Gasteiger partial charge in [0.2, 0.25) is 0 Å². The topological polar surface area (TPSA) is 70.6 Å². The molecule has 0 aromatic heterocycles. The maximum absolute atomic E-state index is 13.4. The zero-order chi connectivity index (χ0) is 15.0. The summed E-state index contributed by atoms with van der Waals surface area (Å²) in [6.45, 7) is 5.91. The summed E-state index contributed by atoms with van der Waals surface area (Å²) in [5.41, 5.74) is 6.65. The van der Waals surface area contributed by atoms with Gasteiger partial charge in [0, 0.05) is 12.1 Å². The van der Waals surface area contributed by atoms with Gasteiger partial charge in [-0.1, -0.05) is 31.8 Å². The fourth-order valence-electron chi connectivity index (χ4n) is 1.99. The Bertz CT molecular complexity index is 447. The van der Waals surface area contributed by atoms with E-state index in [1.807, 2.05) is 0 Å². The van der Waals surface area contributed by atoms with E-state index in [-0.39, 0.29) is 11.7 Å². The summed E-state index contributed by atoms with van der Waals surface area (Å²) in [7, 11) is 0. The van der Waals surface area contributed by atoms with Crippen LogP contribution >= 0.6 is 0 Å². The van der Waals surface area contributed by atoms with Crippen molar-refractivity contribution in [3.8, 4) is 0 Å². The Morgan fingerprint density at radius 3 is 2.75 bits per heavy atom. The number of nitrogens with zero attached hydrogens (tertiary/aromatic N) is 1. The molecule has 0 amide bonds. The van der Waals surface area contributed by atoms with Crippen molar-refractivity contribution < 1.29 is 9.60 Å². The zero-order valence-corrected chi connectivity index (χ0v) is 12.2. The first-order valence-corrected chi connectivity index (χ1v) is 7.01. The van der Waals surface area contributed by atoms with Crippen LogP contribution in [0.3, 0.4) is 0 Å². The van der Waals surface area contributed by atoms with Crippen LogP contribution in [0.25, 0.3) is 0 Å². The van der Waals surface area contributed by atoms with E-state index in [4.69, 9.17) is 10.9 Å². The van der Waals surface area contributed by atoms with Crippen LogP contribution in [-0.2, 0) is 6.54 Å². The lowest BCUT2D eigenvalue weighted by Gasteiger charge is -2.08. The number of nitrogens with two attached hydrogens (primary N) is 1. The SMILES string of the molecule is CC(C)CCCCNCc1cc(F)cc(/C(N)=N/O)c1. The lowest BCUT2D eigenvalue weighted by Crippen LogP contribution is -2.17. The molecule has 112 valence electrons. The number of nitrogens with one attached hydrogen (secondary N) is 1. The predicted octanol–water partition coefficient (Wildman–Crippen LogP) is 2.84. The molecular formula is C15H24FN3O. The van der Waals surface area contributed by atoms with E-state index in [9.17, 15) is 4.39 Å². The third-order valence-corrected chi connectivity index (χ3v) is 3.08. The van der Waals surface area contributed by atoms with Crippen molar-refractivity contribution in [2.45, 2.75) is 39.7 Å². The van der Waals surface area contributed by atoms with Crippen LogP contribution in [0.5, 0.6) is 0 Å². The summed E-state index contributed by atoms with van der Waals surface area (Å²) >= 11 is 0. The van der Waals surface area contributed by atoms with Gasteiger partial charge in [-0.05, 0) is 42.6 Å². The summed E-state index contributed by atoms with van der Waals surface area (Å²) in [4.78, 5) is 0. The lowest BCUT2D eigenvalue weighted by molar-refractivity contribution is 0.318. The highest BCUT2D eigenvalue weighted by atomic mass is 19.1. The maximum atomic E-state index is 13.4. The molecule has 0 aliphatic carbocycles. The van der Waals surface area contributed by atoms with Crippen molar-refractivity contribution in [1.82, 2.24) is 5.32 Å². The molecule has 0 saturated carbocycles. The standard InChI is InChI=1S/C15H24FN3O/c1-11(2)5-3-4-6-18-10-12-7-13(15(17)19-20)9-14(16)8-12/h7-9,11,18,20H,3-6,10H2,1-2H3,(H2,17,19). The van der Waals surface area contributed by atoms with E-state index >= 15 is 0 Å². The Kier molecular flexibility index (Phi) is 7.01.